The number of carbonyl (C=O) groups is 2. The summed E-state index contributed by atoms with van der Waals surface area (Å²) in [7, 11) is 0. The fraction of sp³-hybridized carbons (Fsp3) is 0.227. The number of nitrogens with one attached hydrogen (secondary N) is 1. The Kier molecular flexibility index (Phi) is 7.72. The van der Waals surface area contributed by atoms with Crippen molar-refractivity contribution in [2.24, 2.45) is 5.10 Å². The zero-order valence-electron chi connectivity index (χ0n) is 17.4. The molecular formula is C22H21BrN2O7. The number of carbonyl (C=O) groups excluding carboxylic acids is 1. The number of halogens is 1. The molecule has 9 nitrogen and oxygen atoms in total. The van der Waals surface area contributed by atoms with Gasteiger partial charge in [-0.2, -0.15) is 5.10 Å². The fourth-order valence-corrected chi connectivity index (χ4v) is 3.20. The number of rotatable bonds is 10. The van der Waals surface area contributed by atoms with Gasteiger partial charge in [-0.1, -0.05) is 0 Å². The number of hydrogen-bond donors (Lipinski definition) is 2. The number of ether oxygens (including phenoxy) is 3. The molecule has 0 saturated carbocycles. The molecule has 10 heteroatoms. The Morgan fingerprint density at radius 1 is 1.09 bits per heavy atom. The van der Waals surface area contributed by atoms with E-state index in [0.717, 1.165) is 5.39 Å². The van der Waals surface area contributed by atoms with Crippen LogP contribution < -0.4 is 19.6 Å². The summed E-state index contributed by atoms with van der Waals surface area (Å²) in [6, 6.07) is 10.1. The molecule has 0 bridgehead atoms. The quantitative estimate of drug-likeness (QED) is 0.313. The van der Waals surface area contributed by atoms with Gasteiger partial charge in [0.25, 0.3) is 0 Å². The van der Waals surface area contributed by atoms with E-state index in [1.807, 2.05) is 6.92 Å². The van der Waals surface area contributed by atoms with E-state index in [2.05, 4.69) is 26.5 Å². The van der Waals surface area contributed by atoms with Crippen LogP contribution in [0.25, 0.3) is 11.0 Å². The molecule has 1 heterocycles. The number of hydrazone groups is 1. The summed E-state index contributed by atoms with van der Waals surface area (Å²) in [6.45, 7) is 4.08. The Bertz CT molecular complexity index is 1160. The van der Waals surface area contributed by atoms with E-state index >= 15 is 0 Å². The number of furan rings is 1. The lowest BCUT2D eigenvalue weighted by molar-refractivity contribution is -0.139. The molecule has 0 saturated heterocycles. The maximum atomic E-state index is 12.4. The highest BCUT2D eigenvalue weighted by atomic mass is 79.9. The lowest BCUT2D eigenvalue weighted by atomic mass is 10.2. The van der Waals surface area contributed by atoms with Crippen LogP contribution in [0, 0.1) is 0 Å². The van der Waals surface area contributed by atoms with Gasteiger partial charge < -0.3 is 23.7 Å². The zero-order valence-corrected chi connectivity index (χ0v) is 19.0. The molecule has 0 aliphatic rings. The fourth-order valence-electron chi connectivity index (χ4n) is 2.78. The molecule has 0 atom stereocenters. The van der Waals surface area contributed by atoms with Crippen molar-refractivity contribution in [3.05, 3.63) is 52.2 Å². The summed E-state index contributed by atoms with van der Waals surface area (Å²) in [5.41, 5.74) is 3.56. The van der Waals surface area contributed by atoms with E-state index in [1.165, 1.54) is 6.21 Å². The van der Waals surface area contributed by atoms with Crippen molar-refractivity contribution in [1.82, 2.24) is 5.43 Å². The van der Waals surface area contributed by atoms with Crippen LogP contribution in [0.5, 0.6) is 17.2 Å². The Morgan fingerprint density at radius 2 is 1.84 bits per heavy atom. The average molecular weight is 505 g/mol. The molecular weight excluding hydrogens is 484 g/mol. The molecule has 3 rings (SSSR count). The molecule has 0 spiro atoms. The predicted octanol–water partition coefficient (Wildman–Crippen LogP) is 4.22. The van der Waals surface area contributed by atoms with E-state index < -0.39 is 18.5 Å². The minimum absolute atomic E-state index is 0.109. The molecule has 3 aromatic rings. The topological polar surface area (TPSA) is 120 Å². The second-order valence-electron chi connectivity index (χ2n) is 6.38. The van der Waals surface area contributed by atoms with E-state index in [-0.39, 0.29) is 11.5 Å². The molecule has 0 aliphatic heterocycles. The van der Waals surface area contributed by atoms with Gasteiger partial charge >= 0.3 is 11.9 Å². The lowest BCUT2D eigenvalue weighted by Gasteiger charge is -2.12. The standard InChI is InChI=1S/C22H21BrN2O7/c1-3-29-15-5-6-17-13(7-15)8-20(32-17)22(28)25-24-11-14-9-18(30-4-2)19(10-16(14)23)31-12-21(26)27/h5-11H,3-4,12H2,1-2H3,(H,25,28)(H,26,27)/b24-11+. The summed E-state index contributed by atoms with van der Waals surface area (Å²) in [6.07, 6.45) is 1.42. The molecule has 2 N–H and O–H groups in total. The van der Waals surface area contributed by atoms with Gasteiger partial charge in [-0.25, -0.2) is 10.2 Å². The highest BCUT2D eigenvalue weighted by Gasteiger charge is 2.14. The Balaban J connectivity index is 1.73. The van der Waals surface area contributed by atoms with Crippen LogP contribution in [0.1, 0.15) is 30.0 Å². The van der Waals surface area contributed by atoms with Crippen molar-refractivity contribution in [1.29, 1.82) is 0 Å². The first-order valence-corrected chi connectivity index (χ1v) is 10.5. The lowest BCUT2D eigenvalue weighted by Crippen LogP contribution is -2.16. The van der Waals surface area contributed by atoms with Crippen molar-refractivity contribution in [2.45, 2.75) is 13.8 Å². The van der Waals surface area contributed by atoms with Crippen LogP contribution in [0.3, 0.4) is 0 Å². The first-order valence-electron chi connectivity index (χ1n) is 9.72. The number of carboxylic acid groups (broad SMARTS) is 1. The first kappa shape index (κ1) is 23.1. The van der Waals surface area contributed by atoms with Gasteiger partial charge in [0.05, 0.1) is 19.4 Å². The monoisotopic (exact) mass is 504 g/mol. The second-order valence-corrected chi connectivity index (χ2v) is 7.23. The van der Waals surface area contributed by atoms with E-state index in [4.69, 9.17) is 23.7 Å². The first-order chi connectivity index (χ1) is 15.4. The highest BCUT2D eigenvalue weighted by Crippen LogP contribution is 2.33. The number of aliphatic carboxylic acids is 1. The van der Waals surface area contributed by atoms with Gasteiger partial charge in [-0.05, 0) is 66.2 Å². The summed E-state index contributed by atoms with van der Waals surface area (Å²) < 4.78 is 22.4. The van der Waals surface area contributed by atoms with Gasteiger partial charge in [0.1, 0.15) is 11.3 Å². The zero-order chi connectivity index (χ0) is 23.1. The van der Waals surface area contributed by atoms with Crippen molar-refractivity contribution in [3.63, 3.8) is 0 Å². The molecule has 0 aliphatic carbocycles. The van der Waals surface area contributed by atoms with Crippen LogP contribution in [-0.2, 0) is 4.79 Å². The summed E-state index contributed by atoms with van der Waals surface area (Å²) in [5, 5.41) is 13.5. The number of hydrogen-bond acceptors (Lipinski definition) is 7. The number of carboxylic acids is 1. The molecule has 1 aromatic heterocycles. The Hall–Kier alpha value is -3.53. The summed E-state index contributed by atoms with van der Waals surface area (Å²) in [4.78, 5) is 23.2. The van der Waals surface area contributed by atoms with E-state index in [1.54, 1.807) is 43.3 Å². The minimum Gasteiger partial charge on any atom is -0.494 e. The molecule has 2 aromatic carbocycles. The van der Waals surface area contributed by atoms with Crippen LogP contribution in [0.2, 0.25) is 0 Å². The van der Waals surface area contributed by atoms with Crippen LogP contribution in [0.4, 0.5) is 0 Å². The van der Waals surface area contributed by atoms with E-state index in [9.17, 15) is 9.59 Å². The normalized spacial score (nSPS) is 11.0. The number of fused-ring (bicyclic) bond motifs is 1. The molecule has 32 heavy (non-hydrogen) atoms. The molecule has 0 fully saturated rings. The van der Waals surface area contributed by atoms with Crippen molar-refractivity contribution in [3.8, 4) is 17.2 Å². The Morgan fingerprint density at radius 3 is 2.56 bits per heavy atom. The molecule has 1 amide bonds. The third-order valence-corrected chi connectivity index (χ3v) is 4.79. The van der Waals surface area contributed by atoms with Crippen molar-refractivity contribution in [2.75, 3.05) is 19.8 Å². The highest BCUT2D eigenvalue weighted by molar-refractivity contribution is 9.10. The number of amides is 1. The third kappa shape index (κ3) is 5.79. The predicted molar refractivity (Wildman–Crippen MR) is 121 cm³/mol. The SMILES string of the molecule is CCOc1ccc2oc(C(=O)N/N=C/c3cc(OCC)c(OCC(=O)O)cc3Br)cc2c1. The minimum atomic E-state index is -1.10. The Labute approximate surface area is 192 Å². The second kappa shape index (κ2) is 10.7. The van der Waals surface area contributed by atoms with Gasteiger partial charge in [0.15, 0.2) is 23.9 Å². The smallest absolute Gasteiger partial charge is 0.341 e. The number of benzene rings is 2. The largest absolute Gasteiger partial charge is 0.494 e. The molecule has 168 valence electrons. The maximum Gasteiger partial charge on any atom is 0.341 e. The van der Waals surface area contributed by atoms with Crippen molar-refractivity contribution < 1.29 is 33.3 Å². The third-order valence-electron chi connectivity index (χ3n) is 4.11. The van der Waals surface area contributed by atoms with Crippen LogP contribution >= 0.6 is 15.9 Å². The van der Waals surface area contributed by atoms with Crippen LogP contribution in [-0.4, -0.2) is 43.0 Å². The maximum absolute atomic E-state index is 12.4. The molecule has 0 unspecified atom stereocenters. The molecule has 0 radical (unpaired) electrons. The summed E-state index contributed by atoms with van der Waals surface area (Å²) in [5.74, 6) is -0.188. The average Bonchev–Trinajstić information content (AvgIpc) is 3.18. The van der Waals surface area contributed by atoms with Gasteiger partial charge in [0.2, 0.25) is 0 Å². The van der Waals surface area contributed by atoms with Crippen LogP contribution in [0.15, 0.2) is 50.4 Å². The van der Waals surface area contributed by atoms with E-state index in [0.29, 0.717) is 40.3 Å². The van der Waals surface area contributed by atoms with Crippen molar-refractivity contribution >= 4 is 45.0 Å². The van der Waals surface area contributed by atoms with Gasteiger partial charge in [0, 0.05) is 15.4 Å². The van der Waals surface area contributed by atoms with Gasteiger partial charge in [-0.3, -0.25) is 4.79 Å². The number of nitrogens with zero attached hydrogens (tertiary/aromatic N) is 1. The van der Waals surface area contributed by atoms with Gasteiger partial charge in [-0.15, -0.1) is 0 Å². The summed E-state index contributed by atoms with van der Waals surface area (Å²) >= 11 is 3.38.